The zero-order valence-electron chi connectivity index (χ0n) is 15.0. The second-order valence-corrected chi connectivity index (χ2v) is 9.49. The van der Waals surface area contributed by atoms with Crippen LogP contribution in [-0.4, -0.2) is 40.1 Å². The van der Waals surface area contributed by atoms with E-state index in [-0.39, 0.29) is 18.5 Å². The predicted molar refractivity (Wildman–Crippen MR) is 108 cm³/mol. The zero-order chi connectivity index (χ0) is 19.3. The Morgan fingerprint density at radius 3 is 2.35 bits per heavy atom. The number of amides is 2. The smallest absolute Gasteiger partial charge is 0.407 e. The molecule has 0 fully saturated rings. The van der Waals surface area contributed by atoms with Crippen LogP contribution in [0.15, 0.2) is 46.3 Å². The van der Waals surface area contributed by atoms with E-state index in [0.717, 1.165) is 9.35 Å². The number of hydrogen-bond donors (Lipinski definition) is 2. The van der Waals surface area contributed by atoms with E-state index in [4.69, 9.17) is 0 Å². The third-order valence-electron chi connectivity index (χ3n) is 3.90. The third kappa shape index (κ3) is 5.85. The lowest BCUT2D eigenvalue weighted by Crippen LogP contribution is -2.53. The quantitative estimate of drug-likeness (QED) is 0.690. The molecule has 0 saturated carbocycles. The van der Waals surface area contributed by atoms with Gasteiger partial charge in [0.05, 0.1) is 14.7 Å². The number of carbonyl (C=O) groups excluding carboxylic acids is 1. The average Bonchev–Trinajstić information content (AvgIpc) is 2.98. The Kier molecular flexibility index (Phi) is 6.83. The summed E-state index contributed by atoms with van der Waals surface area (Å²) in [6.45, 7) is 5.75. The van der Waals surface area contributed by atoms with Crippen molar-refractivity contribution in [2.24, 2.45) is 0 Å². The Hall–Kier alpha value is -1.86. The number of hydrogen-bond acceptors (Lipinski definition) is 3. The highest BCUT2D eigenvalue weighted by Crippen LogP contribution is 2.22. The van der Waals surface area contributed by atoms with Crippen molar-refractivity contribution < 1.29 is 14.7 Å². The molecule has 0 saturated heterocycles. The molecule has 140 valence electrons. The molecular formula is C19H23BrN2O3S. The van der Waals surface area contributed by atoms with Crippen molar-refractivity contribution in [3.8, 4) is 0 Å². The van der Waals surface area contributed by atoms with E-state index in [9.17, 15) is 14.7 Å². The molecule has 1 atom stereocenters. The summed E-state index contributed by atoms with van der Waals surface area (Å²) in [6, 6.07) is 13.0. The zero-order valence-corrected chi connectivity index (χ0v) is 17.4. The van der Waals surface area contributed by atoms with Gasteiger partial charge in [-0.3, -0.25) is 4.79 Å². The minimum atomic E-state index is -0.997. The summed E-state index contributed by atoms with van der Waals surface area (Å²) in [7, 11) is 0. The van der Waals surface area contributed by atoms with E-state index < -0.39 is 11.6 Å². The molecule has 2 amide bonds. The Balaban J connectivity index is 2.20. The van der Waals surface area contributed by atoms with E-state index in [1.807, 2.05) is 57.2 Å². The van der Waals surface area contributed by atoms with Crippen LogP contribution in [0.5, 0.6) is 0 Å². The molecule has 2 N–H and O–H groups in total. The predicted octanol–water partition coefficient (Wildman–Crippen LogP) is 4.63. The van der Waals surface area contributed by atoms with Gasteiger partial charge in [-0.15, -0.1) is 11.3 Å². The molecule has 5 nitrogen and oxygen atoms in total. The third-order valence-corrected chi connectivity index (χ3v) is 5.52. The Morgan fingerprint density at radius 1 is 1.19 bits per heavy atom. The molecule has 7 heteroatoms. The largest absolute Gasteiger partial charge is 0.465 e. The summed E-state index contributed by atoms with van der Waals surface area (Å²) in [5.41, 5.74) is 0.488. The van der Waals surface area contributed by atoms with Crippen molar-refractivity contribution in [2.75, 3.05) is 6.54 Å². The van der Waals surface area contributed by atoms with Gasteiger partial charge in [-0.05, 0) is 60.8 Å². The van der Waals surface area contributed by atoms with Crippen LogP contribution in [0, 0.1) is 0 Å². The first-order valence-electron chi connectivity index (χ1n) is 8.27. The fourth-order valence-corrected chi connectivity index (χ4v) is 3.90. The van der Waals surface area contributed by atoms with Gasteiger partial charge in [-0.2, -0.15) is 0 Å². The highest BCUT2D eigenvalue weighted by molar-refractivity contribution is 9.11. The first-order chi connectivity index (χ1) is 12.2. The molecule has 1 unspecified atom stereocenters. The number of rotatable bonds is 6. The molecule has 1 aromatic carbocycles. The molecule has 0 aliphatic carbocycles. The highest BCUT2D eigenvalue weighted by atomic mass is 79.9. The monoisotopic (exact) mass is 438 g/mol. The molecule has 0 aliphatic rings. The van der Waals surface area contributed by atoms with E-state index in [2.05, 4.69) is 21.2 Å². The maximum Gasteiger partial charge on any atom is 0.407 e. The molecule has 2 rings (SSSR count). The van der Waals surface area contributed by atoms with Crippen LogP contribution >= 0.6 is 27.3 Å². The fourth-order valence-electron chi connectivity index (χ4n) is 2.61. The topological polar surface area (TPSA) is 69.6 Å². The van der Waals surface area contributed by atoms with Gasteiger partial charge in [-0.25, -0.2) is 4.79 Å². The number of thiophene rings is 1. The van der Waals surface area contributed by atoms with Gasteiger partial charge in [0, 0.05) is 12.1 Å². The van der Waals surface area contributed by atoms with Crippen molar-refractivity contribution in [3.63, 3.8) is 0 Å². The van der Waals surface area contributed by atoms with Crippen LogP contribution < -0.4 is 5.32 Å². The lowest BCUT2D eigenvalue weighted by atomic mass is 10.0. The lowest BCUT2D eigenvalue weighted by molar-refractivity contribution is 0.0824. The van der Waals surface area contributed by atoms with E-state index in [1.165, 1.54) is 16.2 Å². The summed E-state index contributed by atoms with van der Waals surface area (Å²) < 4.78 is 0.879. The van der Waals surface area contributed by atoms with Gasteiger partial charge in [0.25, 0.3) is 5.91 Å². The van der Waals surface area contributed by atoms with Crippen LogP contribution in [0.25, 0.3) is 0 Å². The highest BCUT2D eigenvalue weighted by Gasteiger charge is 2.29. The Labute approximate surface area is 166 Å². The summed E-state index contributed by atoms with van der Waals surface area (Å²) in [5.74, 6) is -0.194. The SMILES string of the molecule is CC(C)(C)N(CC(Cc1ccccc1)NC(=O)c1ccc(Br)s1)C(=O)O. The minimum absolute atomic E-state index is 0.194. The molecule has 0 bridgehead atoms. The van der Waals surface area contributed by atoms with Crippen molar-refractivity contribution in [3.05, 3.63) is 56.7 Å². The molecule has 0 aliphatic heterocycles. The van der Waals surface area contributed by atoms with Gasteiger partial charge in [0.1, 0.15) is 0 Å². The van der Waals surface area contributed by atoms with E-state index in [1.54, 1.807) is 6.07 Å². The van der Waals surface area contributed by atoms with Crippen LogP contribution in [0.3, 0.4) is 0 Å². The number of halogens is 1. The molecule has 26 heavy (non-hydrogen) atoms. The normalized spacial score (nSPS) is 12.5. The van der Waals surface area contributed by atoms with Crippen molar-refractivity contribution in [1.29, 1.82) is 0 Å². The van der Waals surface area contributed by atoms with Gasteiger partial charge in [-0.1, -0.05) is 30.3 Å². The molecule has 0 radical (unpaired) electrons. The Bertz CT molecular complexity index is 756. The van der Waals surface area contributed by atoms with Gasteiger partial charge >= 0.3 is 6.09 Å². The number of nitrogens with zero attached hydrogens (tertiary/aromatic N) is 1. The van der Waals surface area contributed by atoms with Gasteiger partial charge in [0.2, 0.25) is 0 Å². The van der Waals surface area contributed by atoms with Crippen molar-refractivity contribution in [1.82, 2.24) is 10.2 Å². The second-order valence-electron chi connectivity index (χ2n) is 7.03. The second kappa shape index (κ2) is 8.68. The van der Waals surface area contributed by atoms with E-state index >= 15 is 0 Å². The first kappa shape index (κ1) is 20.5. The van der Waals surface area contributed by atoms with Gasteiger partial charge in [0.15, 0.2) is 0 Å². The van der Waals surface area contributed by atoms with Crippen molar-refractivity contribution >= 4 is 39.3 Å². The van der Waals surface area contributed by atoms with Crippen LogP contribution in [0.2, 0.25) is 0 Å². The van der Waals surface area contributed by atoms with Crippen molar-refractivity contribution in [2.45, 2.75) is 38.8 Å². The summed E-state index contributed by atoms with van der Waals surface area (Å²) in [4.78, 5) is 26.2. The maximum absolute atomic E-state index is 12.6. The maximum atomic E-state index is 12.6. The number of carbonyl (C=O) groups is 2. The fraction of sp³-hybridized carbons (Fsp3) is 0.368. The lowest BCUT2D eigenvalue weighted by Gasteiger charge is -2.36. The summed E-state index contributed by atoms with van der Waals surface area (Å²) >= 11 is 4.71. The molecular weight excluding hydrogens is 416 g/mol. The molecule has 2 aromatic rings. The first-order valence-corrected chi connectivity index (χ1v) is 9.88. The number of benzene rings is 1. The minimum Gasteiger partial charge on any atom is -0.465 e. The number of carboxylic acid groups (broad SMARTS) is 1. The molecule has 1 heterocycles. The Morgan fingerprint density at radius 2 is 1.85 bits per heavy atom. The summed E-state index contributed by atoms with van der Waals surface area (Å²) in [5, 5.41) is 12.6. The number of nitrogens with one attached hydrogen (secondary N) is 1. The summed E-state index contributed by atoms with van der Waals surface area (Å²) in [6.07, 6.45) is -0.442. The van der Waals surface area contributed by atoms with Crippen LogP contribution in [0.1, 0.15) is 36.0 Å². The van der Waals surface area contributed by atoms with Crippen LogP contribution in [0.4, 0.5) is 4.79 Å². The van der Waals surface area contributed by atoms with E-state index in [0.29, 0.717) is 11.3 Å². The molecule has 0 spiro atoms. The van der Waals surface area contributed by atoms with Crippen LogP contribution in [-0.2, 0) is 6.42 Å². The standard InChI is InChI=1S/C19H23BrN2O3S/c1-19(2,3)22(18(24)25)12-14(11-13-7-5-4-6-8-13)21-17(23)15-9-10-16(20)26-15/h4-10,14H,11-12H2,1-3H3,(H,21,23)(H,24,25). The average molecular weight is 439 g/mol. The van der Waals surface area contributed by atoms with Gasteiger partial charge < -0.3 is 15.3 Å². The molecule has 1 aromatic heterocycles.